The summed E-state index contributed by atoms with van der Waals surface area (Å²) in [6, 6.07) is 0. The Kier molecular flexibility index (Phi) is 4.59. The zero-order chi connectivity index (χ0) is 6.08. The summed E-state index contributed by atoms with van der Waals surface area (Å²) in [5.74, 6) is 0. The average Bonchev–Trinajstić information content (AvgIpc) is 1.31. The molecule has 1 N–H and O–H groups in total. The van der Waals surface area contributed by atoms with Gasteiger partial charge in [-0.15, -0.1) is 12.4 Å². The molecule has 0 aromatic carbocycles. The summed E-state index contributed by atoms with van der Waals surface area (Å²) in [5, 5.41) is 8.89. The van der Waals surface area contributed by atoms with E-state index in [-0.39, 0.29) is 23.9 Å². The van der Waals surface area contributed by atoms with Crippen LogP contribution in [0, 0.1) is 5.41 Å². The Labute approximate surface area is 57.5 Å². The second-order valence-electron chi connectivity index (χ2n) is 3.04. The first-order valence-electron chi connectivity index (χ1n) is 2.62. The summed E-state index contributed by atoms with van der Waals surface area (Å²) in [7, 11) is 0. The molecule has 2 heteroatoms. The molecular weight excluding hydrogens is 124 g/mol. The molecule has 8 heavy (non-hydrogen) atoms. The third-order valence-corrected chi connectivity index (χ3v) is 1.25. The van der Waals surface area contributed by atoms with Crippen molar-refractivity contribution in [3.05, 3.63) is 0 Å². The van der Waals surface area contributed by atoms with E-state index in [9.17, 15) is 0 Å². The van der Waals surface area contributed by atoms with Gasteiger partial charge < -0.3 is 5.11 Å². The fourth-order valence-electron chi connectivity index (χ4n) is 0. The van der Waals surface area contributed by atoms with Gasteiger partial charge in [-0.1, -0.05) is 20.8 Å². The molecule has 1 unspecified atom stereocenters. The quantitative estimate of drug-likeness (QED) is 0.542. The van der Waals surface area contributed by atoms with E-state index in [4.69, 9.17) is 5.11 Å². The highest BCUT2D eigenvalue weighted by atomic mass is 35.5. The van der Waals surface area contributed by atoms with Crippen LogP contribution < -0.4 is 0 Å². The van der Waals surface area contributed by atoms with Crippen molar-refractivity contribution >= 4 is 12.4 Å². The molecule has 0 bridgehead atoms. The van der Waals surface area contributed by atoms with E-state index < -0.39 is 0 Å². The first kappa shape index (κ1) is 11.1. The van der Waals surface area contributed by atoms with Crippen molar-refractivity contribution < 1.29 is 5.11 Å². The van der Waals surface area contributed by atoms with E-state index in [1.807, 2.05) is 20.8 Å². The second-order valence-corrected chi connectivity index (χ2v) is 3.04. The molecule has 0 aliphatic rings. The Bertz CT molecular complexity index is 54.0. The molecule has 0 saturated carbocycles. The number of aliphatic hydroxyl groups is 1. The Morgan fingerprint density at radius 2 is 1.38 bits per heavy atom. The van der Waals surface area contributed by atoms with Gasteiger partial charge in [0.1, 0.15) is 0 Å². The molecule has 0 rings (SSSR count). The van der Waals surface area contributed by atoms with Gasteiger partial charge in [0.25, 0.3) is 0 Å². The lowest BCUT2D eigenvalue weighted by Gasteiger charge is -2.21. The van der Waals surface area contributed by atoms with Crippen molar-refractivity contribution in [3.8, 4) is 0 Å². The highest BCUT2D eigenvalue weighted by molar-refractivity contribution is 5.85. The zero-order valence-corrected chi connectivity index (χ0v) is 6.75. The summed E-state index contributed by atoms with van der Waals surface area (Å²) in [5.41, 5.74) is 0.0556. The SMILES string of the molecule is CC(O)C(C)(C)C.Cl. The molecule has 1 nitrogen and oxygen atoms in total. The molecule has 1 atom stereocenters. The van der Waals surface area contributed by atoms with Gasteiger partial charge in [0.15, 0.2) is 0 Å². The van der Waals surface area contributed by atoms with Crippen molar-refractivity contribution in [3.63, 3.8) is 0 Å². The normalized spacial score (nSPS) is 14.6. The van der Waals surface area contributed by atoms with Crippen molar-refractivity contribution in [2.24, 2.45) is 5.41 Å². The Hall–Kier alpha value is 0.250. The minimum atomic E-state index is -0.201. The number of rotatable bonds is 0. The third-order valence-electron chi connectivity index (χ3n) is 1.25. The summed E-state index contributed by atoms with van der Waals surface area (Å²) in [6.45, 7) is 7.84. The number of hydrogen-bond acceptors (Lipinski definition) is 1. The predicted octanol–water partition coefficient (Wildman–Crippen LogP) is 1.84. The number of halogens is 1. The highest BCUT2D eigenvalue weighted by Gasteiger charge is 2.15. The lowest BCUT2D eigenvalue weighted by atomic mass is 9.91. The minimum absolute atomic E-state index is 0. The Morgan fingerprint density at radius 1 is 1.25 bits per heavy atom. The molecule has 0 aliphatic carbocycles. The molecule has 0 heterocycles. The summed E-state index contributed by atoms with van der Waals surface area (Å²) in [6.07, 6.45) is -0.201. The van der Waals surface area contributed by atoms with Gasteiger partial charge in [0.05, 0.1) is 6.10 Å². The van der Waals surface area contributed by atoms with Crippen LogP contribution in [-0.4, -0.2) is 11.2 Å². The van der Waals surface area contributed by atoms with E-state index in [1.165, 1.54) is 0 Å². The molecule has 0 aliphatic heterocycles. The van der Waals surface area contributed by atoms with E-state index in [2.05, 4.69) is 0 Å². The van der Waals surface area contributed by atoms with Gasteiger partial charge in [-0.25, -0.2) is 0 Å². The van der Waals surface area contributed by atoms with Crippen molar-refractivity contribution in [2.75, 3.05) is 0 Å². The number of hydrogen-bond donors (Lipinski definition) is 1. The van der Waals surface area contributed by atoms with Crippen LogP contribution in [0.1, 0.15) is 27.7 Å². The van der Waals surface area contributed by atoms with Crippen LogP contribution in [-0.2, 0) is 0 Å². The van der Waals surface area contributed by atoms with Gasteiger partial charge in [-0.2, -0.15) is 0 Å². The molecule has 0 aromatic heterocycles. The van der Waals surface area contributed by atoms with Gasteiger partial charge in [-0.3, -0.25) is 0 Å². The lowest BCUT2D eigenvalue weighted by molar-refractivity contribution is 0.0801. The molecule has 0 saturated heterocycles. The molecular formula is C6H15ClO. The van der Waals surface area contributed by atoms with Crippen LogP contribution in [0.4, 0.5) is 0 Å². The zero-order valence-electron chi connectivity index (χ0n) is 5.93. The maximum Gasteiger partial charge on any atom is 0.0560 e. The third kappa shape index (κ3) is 4.41. The standard InChI is InChI=1S/C6H14O.ClH/c1-5(7)6(2,3)4;/h5,7H,1-4H3;1H. The molecule has 0 spiro atoms. The first-order valence-corrected chi connectivity index (χ1v) is 2.62. The molecule has 0 fully saturated rings. The summed E-state index contributed by atoms with van der Waals surface area (Å²) in [4.78, 5) is 0. The Balaban J connectivity index is 0. The van der Waals surface area contributed by atoms with Gasteiger partial charge in [0, 0.05) is 0 Å². The fourth-order valence-corrected chi connectivity index (χ4v) is 0. The monoisotopic (exact) mass is 138 g/mol. The van der Waals surface area contributed by atoms with Crippen LogP contribution in [0.5, 0.6) is 0 Å². The van der Waals surface area contributed by atoms with Crippen LogP contribution in [0.25, 0.3) is 0 Å². The largest absolute Gasteiger partial charge is 0.393 e. The maximum atomic E-state index is 8.89. The topological polar surface area (TPSA) is 20.2 Å². The van der Waals surface area contributed by atoms with Crippen LogP contribution in [0.15, 0.2) is 0 Å². The first-order chi connectivity index (χ1) is 2.94. The van der Waals surface area contributed by atoms with E-state index in [1.54, 1.807) is 6.92 Å². The van der Waals surface area contributed by atoms with Crippen molar-refractivity contribution in [1.82, 2.24) is 0 Å². The van der Waals surface area contributed by atoms with Crippen LogP contribution in [0.2, 0.25) is 0 Å². The van der Waals surface area contributed by atoms with Gasteiger partial charge >= 0.3 is 0 Å². The Morgan fingerprint density at radius 3 is 1.38 bits per heavy atom. The van der Waals surface area contributed by atoms with Crippen LogP contribution >= 0.6 is 12.4 Å². The summed E-state index contributed by atoms with van der Waals surface area (Å²) < 4.78 is 0. The average molecular weight is 139 g/mol. The summed E-state index contributed by atoms with van der Waals surface area (Å²) >= 11 is 0. The molecule has 0 radical (unpaired) electrons. The van der Waals surface area contributed by atoms with Gasteiger partial charge in [-0.05, 0) is 12.3 Å². The highest BCUT2D eigenvalue weighted by Crippen LogP contribution is 2.17. The van der Waals surface area contributed by atoms with Gasteiger partial charge in [0.2, 0.25) is 0 Å². The maximum absolute atomic E-state index is 8.89. The lowest BCUT2D eigenvalue weighted by Crippen LogP contribution is -2.21. The molecule has 52 valence electrons. The van der Waals surface area contributed by atoms with Crippen molar-refractivity contribution in [2.45, 2.75) is 33.8 Å². The minimum Gasteiger partial charge on any atom is -0.393 e. The van der Waals surface area contributed by atoms with E-state index >= 15 is 0 Å². The molecule has 0 aromatic rings. The van der Waals surface area contributed by atoms with Crippen molar-refractivity contribution in [1.29, 1.82) is 0 Å². The predicted molar refractivity (Wildman–Crippen MR) is 38.4 cm³/mol. The van der Waals surface area contributed by atoms with Crippen LogP contribution in [0.3, 0.4) is 0 Å². The number of aliphatic hydroxyl groups excluding tert-OH is 1. The smallest absolute Gasteiger partial charge is 0.0560 e. The fraction of sp³-hybridized carbons (Fsp3) is 1.00. The van der Waals surface area contributed by atoms with E-state index in [0.717, 1.165) is 0 Å². The molecule has 0 amide bonds. The van der Waals surface area contributed by atoms with E-state index in [0.29, 0.717) is 0 Å². The second kappa shape index (κ2) is 3.31.